The zero-order valence-electron chi connectivity index (χ0n) is 13.3. The van der Waals surface area contributed by atoms with Crippen molar-refractivity contribution in [1.29, 1.82) is 0 Å². The van der Waals surface area contributed by atoms with Crippen LogP contribution in [0.4, 0.5) is 4.79 Å². The monoisotopic (exact) mass is 403 g/mol. The minimum absolute atomic E-state index is 0.122. The van der Waals surface area contributed by atoms with Gasteiger partial charge in [0.25, 0.3) is 0 Å². The van der Waals surface area contributed by atoms with Crippen LogP contribution in [0, 0.1) is 0 Å². The molecule has 0 saturated carbocycles. The van der Waals surface area contributed by atoms with Crippen molar-refractivity contribution in [2.24, 2.45) is 0 Å². The van der Waals surface area contributed by atoms with Gasteiger partial charge in [-0.2, -0.15) is 0 Å². The van der Waals surface area contributed by atoms with Crippen molar-refractivity contribution in [2.75, 3.05) is 19.3 Å². The van der Waals surface area contributed by atoms with E-state index in [1.807, 2.05) is 31.2 Å². The van der Waals surface area contributed by atoms with E-state index in [0.29, 0.717) is 13.1 Å². The lowest BCUT2D eigenvalue weighted by Crippen LogP contribution is -2.52. The third-order valence-corrected chi connectivity index (χ3v) is 5.03. The Balaban J connectivity index is 1.94. The molecular weight excluding hydrogens is 382 g/mol. The largest absolute Gasteiger partial charge is 0.331 e. The van der Waals surface area contributed by atoms with Crippen LogP contribution < -0.4 is 10.0 Å². The van der Waals surface area contributed by atoms with Gasteiger partial charge in [0.05, 0.1) is 12.3 Å². The van der Waals surface area contributed by atoms with Gasteiger partial charge in [0, 0.05) is 23.6 Å². The predicted octanol–water partition coefficient (Wildman–Crippen LogP) is 2.23. The number of benzene rings is 1. The smallest absolute Gasteiger partial charge is 0.317 e. The lowest BCUT2D eigenvalue weighted by Gasteiger charge is -2.33. The first-order chi connectivity index (χ1) is 10.7. The minimum atomic E-state index is -3.26. The summed E-state index contributed by atoms with van der Waals surface area (Å²) in [5, 5.41) is 2.97. The molecule has 8 heteroatoms. The zero-order valence-corrected chi connectivity index (χ0v) is 15.7. The molecule has 0 spiro atoms. The van der Waals surface area contributed by atoms with Gasteiger partial charge in [-0.1, -0.05) is 28.1 Å². The Bertz CT molecular complexity index is 666. The Kier molecular flexibility index (Phi) is 6.05. The minimum Gasteiger partial charge on any atom is -0.331 e. The van der Waals surface area contributed by atoms with Crippen LogP contribution in [0.2, 0.25) is 0 Å². The van der Waals surface area contributed by atoms with E-state index in [1.165, 1.54) is 0 Å². The highest BCUT2D eigenvalue weighted by Crippen LogP contribution is 2.19. The van der Waals surface area contributed by atoms with E-state index in [-0.39, 0.29) is 18.1 Å². The number of hydrogen-bond donors (Lipinski definition) is 2. The van der Waals surface area contributed by atoms with E-state index in [0.717, 1.165) is 29.1 Å². The number of carbonyl (C=O) groups excluding carboxylic acids is 1. The molecular formula is C15H22BrN3O3S. The van der Waals surface area contributed by atoms with E-state index < -0.39 is 10.0 Å². The second-order valence-corrected chi connectivity index (χ2v) is 8.60. The van der Waals surface area contributed by atoms with Crippen LogP contribution in [0.3, 0.4) is 0 Å². The number of piperidine rings is 1. The first-order valence-electron chi connectivity index (χ1n) is 7.53. The molecule has 128 valence electrons. The van der Waals surface area contributed by atoms with Gasteiger partial charge in [-0.25, -0.2) is 17.9 Å². The van der Waals surface area contributed by atoms with Gasteiger partial charge in [-0.3, -0.25) is 0 Å². The van der Waals surface area contributed by atoms with E-state index in [2.05, 4.69) is 26.0 Å². The molecule has 1 heterocycles. The van der Waals surface area contributed by atoms with Crippen molar-refractivity contribution < 1.29 is 13.2 Å². The normalized spacial score (nSPS) is 20.1. The molecule has 0 radical (unpaired) electrons. The van der Waals surface area contributed by atoms with E-state index in [1.54, 1.807) is 4.90 Å². The molecule has 2 atom stereocenters. The SMILES string of the molecule is CC(NC(=O)N1CCCC(NS(C)(=O)=O)C1)c1cccc(Br)c1. The molecule has 23 heavy (non-hydrogen) atoms. The van der Waals surface area contributed by atoms with E-state index in [4.69, 9.17) is 0 Å². The van der Waals surface area contributed by atoms with Crippen LogP contribution >= 0.6 is 15.9 Å². The second kappa shape index (κ2) is 7.63. The summed E-state index contributed by atoms with van der Waals surface area (Å²) in [5.74, 6) is 0. The number of likely N-dealkylation sites (tertiary alicyclic amines) is 1. The zero-order chi connectivity index (χ0) is 17.0. The lowest BCUT2D eigenvalue weighted by molar-refractivity contribution is 0.174. The predicted molar refractivity (Wildman–Crippen MR) is 93.7 cm³/mol. The number of sulfonamides is 1. The first kappa shape index (κ1) is 18.2. The number of nitrogens with zero attached hydrogens (tertiary/aromatic N) is 1. The summed E-state index contributed by atoms with van der Waals surface area (Å²) >= 11 is 3.42. The Morgan fingerprint density at radius 1 is 1.43 bits per heavy atom. The van der Waals surface area contributed by atoms with Crippen LogP contribution in [-0.2, 0) is 10.0 Å². The molecule has 1 aliphatic heterocycles. The molecule has 0 aromatic heterocycles. The molecule has 1 aromatic carbocycles. The summed E-state index contributed by atoms with van der Waals surface area (Å²) in [4.78, 5) is 14.1. The third kappa shape index (κ3) is 5.78. The Hall–Kier alpha value is -1.12. The quantitative estimate of drug-likeness (QED) is 0.808. The number of hydrogen-bond acceptors (Lipinski definition) is 3. The van der Waals surface area contributed by atoms with Crippen LogP contribution in [0.1, 0.15) is 31.4 Å². The number of halogens is 1. The number of amides is 2. The molecule has 1 aromatic rings. The first-order valence-corrected chi connectivity index (χ1v) is 10.2. The number of nitrogens with one attached hydrogen (secondary N) is 2. The summed E-state index contributed by atoms with van der Waals surface area (Å²) in [6, 6.07) is 7.28. The Morgan fingerprint density at radius 3 is 2.83 bits per heavy atom. The van der Waals surface area contributed by atoms with Crippen molar-refractivity contribution in [3.8, 4) is 0 Å². The van der Waals surface area contributed by atoms with Crippen molar-refractivity contribution in [1.82, 2.24) is 14.9 Å². The van der Waals surface area contributed by atoms with Gasteiger partial charge in [-0.05, 0) is 37.5 Å². The highest BCUT2D eigenvalue weighted by molar-refractivity contribution is 9.10. The van der Waals surface area contributed by atoms with Crippen LogP contribution in [0.5, 0.6) is 0 Å². The maximum Gasteiger partial charge on any atom is 0.317 e. The van der Waals surface area contributed by atoms with Gasteiger partial charge >= 0.3 is 6.03 Å². The molecule has 2 unspecified atom stereocenters. The third-order valence-electron chi connectivity index (χ3n) is 3.78. The van der Waals surface area contributed by atoms with E-state index in [9.17, 15) is 13.2 Å². The van der Waals surface area contributed by atoms with Gasteiger partial charge in [0.1, 0.15) is 0 Å². The number of urea groups is 1. The highest BCUT2D eigenvalue weighted by Gasteiger charge is 2.26. The van der Waals surface area contributed by atoms with Gasteiger partial charge in [-0.15, -0.1) is 0 Å². The van der Waals surface area contributed by atoms with E-state index >= 15 is 0 Å². The summed E-state index contributed by atoms with van der Waals surface area (Å²) in [7, 11) is -3.26. The van der Waals surface area contributed by atoms with Crippen molar-refractivity contribution in [2.45, 2.75) is 31.8 Å². The molecule has 1 aliphatic rings. The fraction of sp³-hybridized carbons (Fsp3) is 0.533. The maximum atomic E-state index is 12.4. The fourth-order valence-electron chi connectivity index (χ4n) is 2.70. The lowest BCUT2D eigenvalue weighted by atomic mass is 10.1. The Morgan fingerprint density at radius 2 is 2.17 bits per heavy atom. The fourth-order valence-corrected chi connectivity index (χ4v) is 3.91. The summed E-state index contributed by atoms with van der Waals surface area (Å²) < 4.78 is 26.2. The van der Waals surface area contributed by atoms with Crippen LogP contribution in [-0.4, -0.2) is 44.7 Å². The molecule has 0 bridgehead atoms. The topological polar surface area (TPSA) is 78.5 Å². The van der Waals surface area contributed by atoms with Crippen molar-refractivity contribution in [3.63, 3.8) is 0 Å². The second-order valence-electron chi connectivity index (χ2n) is 5.90. The molecule has 6 nitrogen and oxygen atoms in total. The standard InChI is InChI=1S/C15H22BrN3O3S/c1-11(12-5-3-6-13(16)9-12)17-15(20)19-8-4-7-14(10-19)18-23(2,21)22/h3,5-6,9,11,14,18H,4,7-8,10H2,1-2H3,(H,17,20). The number of carbonyl (C=O) groups is 1. The van der Waals surface area contributed by atoms with Crippen molar-refractivity contribution in [3.05, 3.63) is 34.3 Å². The van der Waals surface area contributed by atoms with Gasteiger partial charge in [0.15, 0.2) is 0 Å². The highest BCUT2D eigenvalue weighted by atomic mass is 79.9. The molecule has 2 amide bonds. The van der Waals surface area contributed by atoms with Crippen molar-refractivity contribution >= 4 is 32.0 Å². The van der Waals surface area contributed by atoms with Crippen LogP contribution in [0.25, 0.3) is 0 Å². The summed E-state index contributed by atoms with van der Waals surface area (Å²) in [6.07, 6.45) is 2.67. The average Bonchev–Trinajstić information content (AvgIpc) is 2.45. The summed E-state index contributed by atoms with van der Waals surface area (Å²) in [5.41, 5.74) is 1.01. The van der Waals surface area contributed by atoms with Crippen LogP contribution in [0.15, 0.2) is 28.7 Å². The molecule has 2 N–H and O–H groups in total. The summed E-state index contributed by atoms with van der Waals surface area (Å²) in [6.45, 7) is 2.96. The Labute approximate surface area is 145 Å². The average molecular weight is 404 g/mol. The maximum absolute atomic E-state index is 12.4. The molecule has 1 saturated heterocycles. The molecule has 0 aliphatic carbocycles. The van der Waals surface area contributed by atoms with Gasteiger partial charge in [0.2, 0.25) is 10.0 Å². The molecule has 1 fully saturated rings. The molecule has 2 rings (SSSR count). The van der Waals surface area contributed by atoms with Gasteiger partial charge < -0.3 is 10.2 Å². The number of rotatable bonds is 4.